The summed E-state index contributed by atoms with van der Waals surface area (Å²) < 4.78 is 0. The van der Waals surface area contributed by atoms with E-state index >= 15 is 0 Å². The van der Waals surface area contributed by atoms with Crippen molar-refractivity contribution in [2.75, 3.05) is 0 Å². The van der Waals surface area contributed by atoms with E-state index in [1.807, 2.05) is 0 Å². The first-order valence-electron chi connectivity index (χ1n) is 11.8. The van der Waals surface area contributed by atoms with Crippen molar-refractivity contribution in [3.8, 4) is 33.4 Å². The highest BCUT2D eigenvalue weighted by atomic mass is 14.5. The van der Waals surface area contributed by atoms with Gasteiger partial charge >= 0.3 is 0 Å². The maximum absolute atomic E-state index is 2.55. The second-order valence-corrected chi connectivity index (χ2v) is 11.1. The zero-order valence-electron chi connectivity index (χ0n) is 19.6. The summed E-state index contributed by atoms with van der Waals surface area (Å²) in [6.07, 6.45) is 1.05. The molecule has 0 radical (unpaired) electrons. The molecule has 0 aromatic heterocycles. The molecule has 32 heavy (non-hydrogen) atoms. The molecule has 7 rings (SSSR count). The molecule has 0 aliphatic heterocycles. The van der Waals surface area contributed by atoms with Crippen LogP contribution in [-0.2, 0) is 17.3 Å². The molecule has 0 N–H and O–H groups in total. The Morgan fingerprint density at radius 2 is 1.22 bits per heavy atom. The van der Waals surface area contributed by atoms with Crippen molar-refractivity contribution in [2.24, 2.45) is 0 Å². The van der Waals surface area contributed by atoms with Crippen LogP contribution < -0.4 is 0 Å². The fourth-order valence-electron chi connectivity index (χ4n) is 6.79. The second-order valence-electron chi connectivity index (χ2n) is 11.1. The lowest BCUT2D eigenvalue weighted by Crippen LogP contribution is -2.17. The Labute approximate surface area is 191 Å². The monoisotopic (exact) mass is 412 g/mol. The van der Waals surface area contributed by atoms with Crippen LogP contribution in [0.5, 0.6) is 0 Å². The normalized spacial score (nSPS) is 17.3. The van der Waals surface area contributed by atoms with Crippen LogP contribution in [0.15, 0.2) is 66.7 Å². The number of hydrogen-bond acceptors (Lipinski definition) is 0. The van der Waals surface area contributed by atoms with Gasteiger partial charge in [0.1, 0.15) is 0 Å². The topological polar surface area (TPSA) is 0 Å². The van der Waals surface area contributed by atoms with E-state index in [0.717, 1.165) is 6.42 Å². The average Bonchev–Trinajstić information content (AvgIpc) is 3.33. The summed E-state index contributed by atoms with van der Waals surface area (Å²) in [5.74, 6) is 0. The minimum absolute atomic E-state index is 0.00382. The van der Waals surface area contributed by atoms with Crippen LogP contribution in [0.3, 0.4) is 0 Å². The first-order chi connectivity index (χ1) is 15.3. The molecule has 0 saturated heterocycles. The first kappa shape index (κ1) is 18.5. The number of benzene rings is 4. The van der Waals surface area contributed by atoms with Crippen molar-refractivity contribution >= 4 is 0 Å². The molecule has 0 heterocycles. The number of rotatable bonds is 0. The number of hydrogen-bond donors (Lipinski definition) is 0. The van der Waals surface area contributed by atoms with Crippen molar-refractivity contribution in [3.05, 3.63) is 106 Å². The molecular weight excluding hydrogens is 384 g/mol. The zero-order valence-corrected chi connectivity index (χ0v) is 19.6. The van der Waals surface area contributed by atoms with Gasteiger partial charge in [0.05, 0.1) is 0 Å². The van der Waals surface area contributed by atoms with Gasteiger partial charge in [0.15, 0.2) is 0 Å². The van der Waals surface area contributed by atoms with Crippen molar-refractivity contribution < 1.29 is 0 Å². The molecule has 0 nitrogen and oxygen atoms in total. The largest absolute Gasteiger partial charge is 0.0619 e. The third kappa shape index (κ3) is 2.04. The van der Waals surface area contributed by atoms with E-state index in [2.05, 4.69) is 101 Å². The van der Waals surface area contributed by atoms with E-state index in [1.165, 1.54) is 72.3 Å². The van der Waals surface area contributed by atoms with Crippen LogP contribution in [0.2, 0.25) is 0 Å². The van der Waals surface area contributed by atoms with Crippen LogP contribution in [0.1, 0.15) is 66.6 Å². The van der Waals surface area contributed by atoms with Gasteiger partial charge in [-0.3, -0.25) is 0 Å². The van der Waals surface area contributed by atoms with Crippen molar-refractivity contribution in [1.29, 1.82) is 0 Å². The molecular formula is C32H28. The third-order valence-electron chi connectivity index (χ3n) is 8.54. The van der Waals surface area contributed by atoms with Gasteiger partial charge in [-0.05, 0) is 92.2 Å². The van der Waals surface area contributed by atoms with E-state index in [0.29, 0.717) is 0 Å². The number of fused-ring (bicyclic) bond motifs is 10. The Bertz CT molecular complexity index is 1490. The lowest BCUT2D eigenvalue weighted by atomic mass is 9.79. The molecule has 3 aliphatic carbocycles. The Morgan fingerprint density at radius 3 is 2.06 bits per heavy atom. The molecule has 0 fully saturated rings. The fraction of sp³-hybridized carbons (Fsp3) is 0.250. The molecule has 0 spiro atoms. The quantitative estimate of drug-likeness (QED) is 0.240. The SMILES string of the molecule is Cc1ccc2c(c1)C(C)(C)c1cc3c(cc1-2)C(C)(C)c1ccc2c(c1-3)-c1ccccc1C2. The van der Waals surface area contributed by atoms with Gasteiger partial charge in [-0.15, -0.1) is 0 Å². The van der Waals surface area contributed by atoms with Gasteiger partial charge in [0.25, 0.3) is 0 Å². The van der Waals surface area contributed by atoms with Gasteiger partial charge in [-0.1, -0.05) is 87.9 Å². The summed E-state index contributed by atoms with van der Waals surface area (Å²) in [5.41, 5.74) is 18.9. The predicted molar refractivity (Wildman–Crippen MR) is 135 cm³/mol. The molecule has 3 aliphatic rings. The highest BCUT2D eigenvalue weighted by Gasteiger charge is 2.43. The molecule has 0 saturated carbocycles. The summed E-state index contributed by atoms with van der Waals surface area (Å²) in [6, 6.07) is 25.9. The summed E-state index contributed by atoms with van der Waals surface area (Å²) in [6.45, 7) is 11.8. The highest BCUT2D eigenvalue weighted by Crippen LogP contribution is 2.59. The smallest absolute Gasteiger partial charge is 0.0159 e. The van der Waals surface area contributed by atoms with E-state index in [4.69, 9.17) is 0 Å². The molecule has 156 valence electrons. The van der Waals surface area contributed by atoms with Gasteiger partial charge < -0.3 is 0 Å². The van der Waals surface area contributed by atoms with Crippen LogP contribution in [-0.4, -0.2) is 0 Å². The minimum atomic E-state index is 0.00382. The predicted octanol–water partition coefficient (Wildman–Crippen LogP) is 8.18. The average molecular weight is 413 g/mol. The lowest BCUT2D eigenvalue weighted by molar-refractivity contribution is 0.651. The van der Waals surface area contributed by atoms with E-state index in [9.17, 15) is 0 Å². The molecule has 4 aromatic carbocycles. The lowest BCUT2D eigenvalue weighted by Gasteiger charge is -2.24. The van der Waals surface area contributed by atoms with Crippen molar-refractivity contribution in [2.45, 2.75) is 51.9 Å². The highest BCUT2D eigenvalue weighted by molar-refractivity contribution is 5.99. The van der Waals surface area contributed by atoms with Crippen LogP contribution in [0, 0.1) is 6.92 Å². The molecule has 4 aromatic rings. The minimum Gasteiger partial charge on any atom is -0.0619 e. The van der Waals surface area contributed by atoms with Gasteiger partial charge in [0.2, 0.25) is 0 Å². The molecule has 0 atom stereocenters. The third-order valence-corrected chi connectivity index (χ3v) is 8.54. The number of aryl methyl sites for hydroxylation is 1. The molecule has 0 unspecified atom stereocenters. The Hall–Kier alpha value is -3.12. The zero-order chi connectivity index (χ0) is 22.0. The van der Waals surface area contributed by atoms with Gasteiger partial charge in [0, 0.05) is 10.8 Å². The fourth-order valence-corrected chi connectivity index (χ4v) is 6.79. The van der Waals surface area contributed by atoms with Crippen molar-refractivity contribution in [1.82, 2.24) is 0 Å². The second kappa shape index (κ2) is 5.62. The van der Waals surface area contributed by atoms with E-state index in [1.54, 1.807) is 0 Å². The summed E-state index contributed by atoms with van der Waals surface area (Å²) in [5, 5.41) is 0. The summed E-state index contributed by atoms with van der Waals surface area (Å²) in [7, 11) is 0. The van der Waals surface area contributed by atoms with Gasteiger partial charge in [-0.25, -0.2) is 0 Å². The Morgan fingerprint density at radius 1 is 0.531 bits per heavy atom. The first-order valence-corrected chi connectivity index (χ1v) is 11.8. The van der Waals surface area contributed by atoms with Crippen LogP contribution in [0.4, 0.5) is 0 Å². The standard InChI is InChI=1S/C32H28/c1-18-10-12-22-23-16-28-24(17-27(23)32(4,5)26(22)14-18)30-25(31(28,2)3)13-11-20-15-19-8-6-7-9-21(19)29(20)30/h6-14,16-17H,15H2,1-5H3. The van der Waals surface area contributed by atoms with Crippen LogP contribution >= 0.6 is 0 Å². The molecule has 0 heteroatoms. The van der Waals surface area contributed by atoms with Crippen molar-refractivity contribution in [3.63, 3.8) is 0 Å². The summed E-state index contributed by atoms with van der Waals surface area (Å²) in [4.78, 5) is 0. The Balaban J connectivity index is 1.57. The maximum atomic E-state index is 2.55. The molecule has 0 bridgehead atoms. The van der Waals surface area contributed by atoms with E-state index in [-0.39, 0.29) is 10.8 Å². The summed E-state index contributed by atoms with van der Waals surface area (Å²) >= 11 is 0. The molecule has 0 amide bonds. The van der Waals surface area contributed by atoms with Crippen LogP contribution in [0.25, 0.3) is 33.4 Å². The Kier molecular flexibility index (Phi) is 3.24. The van der Waals surface area contributed by atoms with Gasteiger partial charge in [-0.2, -0.15) is 0 Å². The maximum Gasteiger partial charge on any atom is 0.0159 e. The van der Waals surface area contributed by atoms with E-state index < -0.39 is 0 Å².